The molecule has 5 heteroatoms. The van der Waals surface area contributed by atoms with E-state index < -0.39 is 12.1 Å². The van der Waals surface area contributed by atoms with Crippen LogP contribution >= 0.6 is 0 Å². The van der Waals surface area contributed by atoms with Crippen molar-refractivity contribution in [3.63, 3.8) is 0 Å². The minimum Gasteiger partial charge on any atom is -0.458 e. The summed E-state index contributed by atoms with van der Waals surface area (Å²) in [5.41, 5.74) is 1.93. The summed E-state index contributed by atoms with van der Waals surface area (Å²) in [6.07, 6.45) is 4.73. The molecule has 0 amide bonds. The molecule has 0 unspecified atom stereocenters. The molecule has 0 saturated carbocycles. The van der Waals surface area contributed by atoms with Crippen LogP contribution in [0.1, 0.15) is 47.0 Å². The van der Waals surface area contributed by atoms with Gasteiger partial charge < -0.3 is 9.47 Å². The van der Waals surface area contributed by atoms with Gasteiger partial charge in [0.05, 0.1) is 0 Å². The van der Waals surface area contributed by atoms with Gasteiger partial charge in [-0.2, -0.15) is 0 Å². The maximum absolute atomic E-state index is 12.2. The van der Waals surface area contributed by atoms with E-state index in [2.05, 4.69) is 0 Å². The quantitative estimate of drug-likeness (QED) is 0.509. The summed E-state index contributed by atoms with van der Waals surface area (Å²) in [6.45, 7) is 7.25. The highest BCUT2D eigenvalue weighted by Gasteiger charge is 2.23. The van der Waals surface area contributed by atoms with Gasteiger partial charge >= 0.3 is 11.9 Å². The van der Waals surface area contributed by atoms with Crippen molar-refractivity contribution in [2.75, 3.05) is 6.61 Å². The monoisotopic (exact) mass is 308 g/mol. The van der Waals surface area contributed by atoms with E-state index in [4.69, 9.17) is 9.47 Å². The zero-order valence-electron chi connectivity index (χ0n) is 13.7. The topological polar surface area (TPSA) is 69.7 Å². The van der Waals surface area contributed by atoms with Crippen molar-refractivity contribution in [2.45, 2.75) is 53.1 Å². The van der Waals surface area contributed by atoms with Crippen LogP contribution < -0.4 is 0 Å². The predicted molar refractivity (Wildman–Crippen MR) is 82.0 cm³/mol. The Kier molecular flexibility index (Phi) is 7.02. The largest absolute Gasteiger partial charge is 0.458 e. The number of cyclic esters (lactones) is 1. The highest BCUT2D eigenvalue weighted by molar-refractivity contribution is 5.95. The SMILES string of the molecule is CC(=O)O[C@H](C(=O)/C=C(/C)CCCC1=CC(=O)OC1)C(C)C. The number of esters is 2. The maximum Gasteiger partial charge on any atom is 0.331 e. The van der Waals surface area contributed by atoms with Crippen LogP contribution in [0.15, 0.2) is 23.3 Å². The molecule has 0 N–H and O–H groups in total. The van der Waals surface area contributed by atoms with E-state index in [-0.39, 0.29) is 17.7 Å². The number of carbonyl (C=O) groups excluding carboxylic acids is 3. The molecule has 0 fully saturated rings. The number of ether oxygens (including phenoxy) is 2. The normalized spacial score (nSPS) is 16.3. The summed E-state index contributed by atoms with van der Waals surface area (Å²) in [5, 5.41) is 0. The van der Waals surface area contributed by atoms with Gasteiger partial charge in [-0.15, -0.1) is 0 Å². The average Bonchev–Trinajstić information content (AvgIpc) is 2.81. The molecule has 0 radical (unpaired) electrons. The second-order valence-corrected chi connectivity index (χ2v) is 5.93. The van der Waals surface area contributed by atoms with Gasteiger partial charge in [0, 0.05) is 13.0 Å². The maximum atomic E-state index is 12.2. The van der Waals surface area contributed by atoms with Crippen LogP contribution in [0.25, 0.3) is 0 Å². The molecule has 122 valence electrons. The molecule has 1 aliphatic heterocycles. The second-order valence-electron chi connectivity index (χ2n) is 5.93. The summed E-state index contributed by atoms with van der Waals surface area (Å²) in [5.74, 6) is -0.969. The number of hydrogen-bond acceptors (Lipinski definition) is 5. The molecule has 1 heterocycles. The molecule has 0 saturated heterocycles. The Morgan fingerprint density at radius 1 is 1.36 bits per heavy atom. The Hall–Kier alpha value is -1.91. The fourth-order valence-electron chi connectivity index (χ4n) is 2.25. The van der Waals surface area contributed by atoms with Crippen LogP contribution in [0.5, 0.6) is 0 Å². The number of carbonyl (C=O) groups is 3. The number of ketones is 1. The molecular weight excluding hydrogens is 284 g/mol. The van der Waals surface area contributed by atoms with E-state index >= 15 is 0 Å². The molecule has 0 spiro atoms. The molecule has 0 aliphatic carbocycles. The number of hydrogen-bond donors (Lipinski definition) is 0. The van der Waals surface area contributed by atoms with Crippen LogP contribution in [-0.2, 0) is 23.9 Å². The van der Waals surface area contributed by atoms with Gasteiger partial charge in [0.1, 0.15) is 6.61 Å². The summed E-state index contributed by atoms with van der Waals surface area (Å²) in [6, 6.07) is 0. The van der Waals surface area contributed by atoms with Gasteiger partial charge in [-0.05, 0) is 43.8 Å². The highest BCUT2D eigenvalue weighted by atomic mass is 16.5. The predicted octanol–water partition coefficient (Wildman–Crippen LogP) is 2.74. The van der Waals surface area contributed by atoms with E-state index in [1.165, 1.54) is 13.0 Å². The van der Waals surface area contributed by atoms with E-state index in [0.29, 0.717) is 6.61 Å². The third kappa shape index (κ3) is 6.24. The van der Waals surface area contributed by atoms with Crippen molar-refractivity contribution in [1.82, 2.24) is 0 Å². The van der Waals surface area contributed by atoms with Crippen molar-refractivity contribution in [2.24, 2.45) is 5.92 Å². The Balaban J connectivity index is 2.48. The highest BCUT2D eigenvalue weighted by Crippen LogP contribution is 2.17. The molecule has 1 atom stereocenters. The summed E-state index contributed by atoms with van der Waals surface area (Å²) < 4.78 is 9.91. The summed E-state index contributed by atoms with van der Waals surface area (Å²) >= 11 is 0. The fourth-order valence-corrected chi connectivity index (χ4v) is 2.25. The van der Waals surface area contributed by atoms with E-state index in [0.717, 1.165) is 30.4 Å². The van der Waals surface area contributed by atoms with Crippen molar-refractivity contribution in [3.05, 3.63) is 23.3 Å². The van der Waals surface area contributed by atoms with Crippen LogP contribution in [0, 0.1) is 5.92 Å². The van der Waals surface area contributed by atoms with Crippen molar-refractivity contribution in [3.8, 4) is 0 Å². The molecule has 0 bridgehead atoms. The molecule has 0 aromatic rings. The third-order valence-electron chi connectivity index (χ3n) is 3.36. The molecule has 22 heavy (non-hydrogen) atoms. The first kappa shape index (κ1) is 18.1. The Labute approximate surface area is 131 Å². The first-order chi connectivity index (χ1) is 10.3. The van der Waals surface area contributed by atoms with Gasteiger partial charge in [-0.1, -0.05) is 19.4 Å². The third-order valence-corrected chi connectivity index (χ3v) is 3.36. The number of rotatable bonds is 8. The van der Waals surface area contributed by atoms with Gasteiger partial charge in [0.25, 0.3) is 0 Å². The lowest BCUT2D eigenvalue weighted by Gasteiger charge is -2.18. The van der Waals surface area contributed by atoms with Gasteiger partial charge in [0.2, 0.25) is 0 Å². The molecule has 1 rings (SSSR count). The van der Waals surface area contributed by atoms with Gasteiger partial charge in [-0.3, -0.25) is 9.59 Å². The Bertz CT molecular complexity index is 499. The van der Waals surface area contributed by atoms with Crippen molar-refractivity contribution in [1.29, 1.82) is 0 Å². The molecule has 1 aliphatic rings. The van der Waals surface area contributed by atoms with Crippen LogP contribution in [0.2, 0.25) is 0 Å². The van der Waals surface area contributed by atoms with Crippen molar-refractivity contribution < 1.29 is 23.9 Å². The summed E-state index contributed by atoms with van der Waals surface area (Å²) in [4.78, 5) is 34.1. The zero-order valence-corrected chi connectivity index (χ0v) is 13.7. The molecular formula is C17H24O5. The smallest absolute Gasteiger partial charge is 0.331 e. The second kappa shape index (κ2) is 8.51. The zero-order chi connectivity index (χ0) is 16.7. The Morgan fingerprint density at radius 2 is 2.05 bits per heavy atom. The molecule has 0 aromatic heterocycles. The van der Waals surface area contributed by atoms with Crippen LogP contribution in [0.4, 0.5) is 0 Å². The van der Waals surface area contributed by atoms with Gasteiger partial charge in [-0.25, -0.2) is 4.79 Å². The lowest BCUT2D eigenvalue weighted by atomic mass is 9.99. The molecule has 0 aromatic carbocycles. The van der Waals surface area contributed by atoms with Crippen LogP contribution in [-0.4, -0.2) is 30.4 Å². The van der Waals surface area contributed by atoms with E-state index in [1.807, 2.05) is 20.8 Å². The standard InChI is InChI=1S/C17H24O5/c1-11(2)17(22-13(4)18)15(19)8-12(3)6-5-7-14-9-16(20)21-10-14/h8-9,11,17H,5-7,10H2,1-4H3/b12-8-/t17-/m0/s1. The van der Waals surface area contributed by atoms with E-state index in [9.17, 15) is 14.4 Å². The summed E-state index contributed by atoms with van der Waals surface area (Å²) in [7, 11) is 0. The van der Waals surface area contributed by atoms with E-state index in [1.54, 1.807) is 6.08 Å². The van der Waals surface area contributed by atoms with Crippen LogP contribution in [0.3, 0.4) is 0 Å². The van der Waals surface area contributed by atoms with Gasteiger partial charge in [0.15, 0.2) is 11.9 Å². The average molecular weight is 308 g/mol. The first-order valence-corrected chi connectivity index (χ1v) is 7.54. The lowest BCUT2D eigenvalue weighted by molar-refractivity contribution is -0.154. The minimum atomic E-state index is -0.726. The molecule has 5 nitrogen and oxygen atoms in total. The Morgan fingerprint density at radius 3 is 2.55 bits per heavy atom. The minimum absolute atomic E-state index is 0.0627. The van der Waals surface area contributed by atoms with Crippen molar-refractivity contribution >= 4 is 17.7 Å². The fraction of sp³-hybridized carbons (Fsp3) is 0.588. The first-order valence-electron chi connectivity index (χ1n) is 7.54. The number of allylic oxidation sites excluding steroid dienone is 1. The lowest BCUT2D eigenvalue weighted by Crippen LogP contribution is -2.30.